The summed E-state index contributed by atoms with van der Waals surface area (Å²) in [5.41, 5.74) is 0.877. The number of hydrogen-bond acceptors (Lipinski definition) is 5. The van der Waals surface area contributed by atoms with Crippen molar-refractivity contribution in [3.05, 3.63) is 22.2 Å². The molecule has 1 atom stereocenters. The van der Waals surface area contributed by atoms with Crippen LogP contribution in [0, 0.1) is 11.3 Å². The quantitative estimate of drug-likeness (QED) is 0.888. The van der Waals surface area contributed by atoms with Crippen LogP contribution in [0.2, 0.25) is 0 Å². The van der Waals surface area contributed by atoms with E-state index in [-0.39, 0.29) is 6.04 Å². The maximum atomic E-state index is 9.33. The molecule has 0 aromatic heterocycles. The molecule has 1 aromatic rings. The molecule has 0 saturated carbocycles. The van der Waals surface area contributed by atoms with Gasteiger partial charge in [0.05, 0.1) is 10.5 Å². The Morgan fingerprint density at radius 3 is 2.85 bits per heavy atom. The van der Waals surface area contributed by atoms with Gasteiger partial charge >= 0.3 is 0 Å². The predicted molar refractivity (Wildman–Crippen MR) is 80.0 cm³/mol. The van der Waals surface area contributed by atoms with Crippen LogP contribution in [0.15, 0.2) is 16.6 Å². The van der Waals surface area contributed by atoms with E-state index in [1.165, 1.54) is 0 Å². The van der Waals surface area contributed by atoms with E-state index in [9.17, 15) is 5.26 Å². The molecule has 108 valence electrons. The molecule has 1 N–H and O–H groups in total. The van der Waals surface area contributed by atoms with Crippen LogP contribution in [0.1, 0.15) is 11.6 Å². The van der Waals surface area contributed by atoms with Crippen LogP contribution >= 0.6 is 15.9 Å². The van der Waals surface area contributed by atoms with Gasteiger partial charge in [0, 0.05) is 13.1 Å². The maximum Gasteiger partial charge on any atom is 0.175 e. The van der Waals surface area contributed by atoms with Gasteiger partial charge in [0.15, 0.2) is 11.5 Å². The van der Waals surface area contributed by atoms with Crippen LogP contribution < -0.4 is 14.8 Å². The Morgan fingerprint density at radius 1 is 1.40 bits per heavy atom. The lowest BCUT2D eigenvalue weighted by molar-refractivity contribution is 0.170. The second kappa shape index (κ2) is 6.93. The molecular formula is C14H18BrN3O2. The van der Waals surface area contributed by atoms with E-state index < -0.39 is 0 Å². The molecule has 0 fully saturated rings. The van der Waals surface area contributed by atoms with Crippen molar-refractivity contribution in [1.29, 1.82) is 5.26 Å². The summed E-state index contributed by atoms with van der Waals surface area (Å²) >= 11 is 3.47. The molecule has 1 heterocycles. The molecule has 6 heteroatoms. The first kappa shape index (κ1) is 15.1. The number of nitrogens with zero attached hydrogens (tertiary/aromatic N) is 2. The number of ether oxygens (including phenoxy) is 2. The van der Waals surface area contributed by atoms with Crippen molar-refractivity contribution in [2.75, 3.05) is 40.4 Å². The Labute approximate surface area is 127 Å². The average Bonchev–Trinajstić information content (AvgIpc) is 2.43. The molecule has 0 spiro atoms. The standard InChI is InChI=1S/C14H18BrN3O2/c1-18(2)4-3-17-12(9-16)10-7-11(15)14-13(8-10)19-5-6-20-14/h7-8,12,17H,3-6H2,1-2H3. The van der Waals surface area contributed by atoms with Crippen LogP contribution in [0.3, 0.4) is 0 Å². The summed E-state index contributed by atoms with van der Waals surface area (Å²) in [6.45, 7) is 2.71. The fourth-order valence-corrected chi connectivity index (χ4v) is 2.54. The van der Waals surface area contributed by atoms with E-state index in [0.717, 1.165) is 23.1 Å². The molecule has 0 radical (unpaired) electrons. The molecule has 1 aromatic carbocycles. The highest BCUT2D eigenvalue weighted by Gasteiger charge is 2.19. The van der Waals surface area contributed by atoms with E-state index in [1.807, 2.05) is 26.2 Å². The highest BCUT2D eigenvalue weighted by molar-refractivity contribution is 9.10. The number of rotatable bonds is 5. The Kier molecular flexibility index (Phi) is 5.24. The van der Waals surface area contributed by atoms with Crippen molar-refractivity contribution in [2.24, 2.45) is 0 Å². The van der Waals surface area contributed by atoms with Gasteiger partial charge in [0.1, 0.15) is 19.3 Å². The van der Waals surface area contributed by atoms with Crippen molar-refractivity contribution in [1.82, 2.24) is 10.2 Å². The molecule has 0 amide bonds. The molecule has 5 nitrogen and oxygen atoms in total. The van der Waals surface area contributed by atoms with E-state index in [2.05, 4.69) is 32.2 Å². The second-order valence-electron chi connectivity index (χ2n) is 4.85. The highest BCUT2D eigenvalue weighted by atomic mass is 79.9. The number of likely N-dealkylation sites (N-methyl/N-ethyl adjacent to an activating group) is 1. The van der Waals surface area contributed by atoms with Crippen LogP contribution in [-0.4, -0.2) is 45.3 Å². The first-order chi connectivity index (χ1) is 9.61. The zero-order valence-corrected chi connectivity index (χ0v) is 13.2. The van der Waals surface area contributed by atoms with Gasteiger partial charge in [0.25, 0.3) is 0 Å². The maximum absolute atomic E-state index is 9.33. The first-order valence-electron chi connectivity index (χ1n) is 6.48. The number of nitrogens with one attached hydrogen (secondary N) is 1. The smallest absolute Gasteiger partial charge is 0.175 e. The van der Waals surface area contributed by atoms with E-state index >= 15 is 0 Å². The van der Waals surface area contributed by atoms with Gasteiger partial charge < -0.3 is 14.4 Å². The van der Waals surface area contributed by atoms with Crippen LogP contribution in [0.25, 0.3) is 0 Å². The fourth-order valence-electron chi connectivity index (χ4n) is 1.97. The van der Waals surface area contributed by atoms with Crippen molar-refractivity contribution in [2.45, 2.75) is 6.04 Å². The van der Waals surface area contributed by atoms with E-state index in [1.54, 1.807) is 0 Å². The average molecular weight is 340 g/mol. The molecule has 0 bridgehead atoms. The van der Waals surface area contributed by atoms with Gasteiger partial charge in [-0.15, -0.1) is 0 Å². The van der Waals surface area contributed by atoms with Gasteiger partial charge in [-0.1, -0.05) is 0 Å². The third-order valence-electron chi connectivity index (χ3n) is 2.99. The van der Waals surface area contributed by atoms with Crippen molar-refractivity contribution >= 4 is 15.9 Å². The summed E-state index contributed by atoms with van der Waals surface area (Å²) in [6, 6.07) is 5.70. The molecular weight excluding hydrogens is 322 g/mol. The highest BCUT2D eigenvalue weighted by Crippen LogP contribution is 2.39. The number of nitriles is 1. The van der Waals surface area contributed by atoms with Crippen molar-refractivity contribution in [3.8, 4) is 17.6 Å². The molecule has 0 saturated heterocycles. The minimum Gasteiger partial charge on any atom is -0.486 e. The van der Waals surface area contributed by atoms with Gasteiger partial charge in [-0.2, -0.15) is 5.26 Å². The third kappa shape index (κ3) is 3.63. The minimum absolute atomic E-state index is 0.359. The summed E-state index contributed by atoms with van der Waals surface area (Å²) in [5.74, 6) is 1.40. The molecule has 2 rings (SSSR count). The van der Waals surface area contributed by atoms with Gasteiger partial charge in [-0.3, -0.25) is 5.32 Å². The van der Waals surface area contributed by atoms with Crippen molar-refractivity contribution < 1.29 is 9.47 Å². The predicted octanol–water partition coefficient (Wildman–Crippen LogP) is 1.94. The first-order valence-corrected chi connectivity index (χ1v) is 7.28. The number of halogens is 1. The van der Waals surface area contributed by atoms with Gasteiger partial charge in [-0.25, -0.2) is 0 Å². The summed E-state index contributed by atoms with van der Waals surface area (Å²) in [5, 5.41) is 12.6. The normalized spacial score (nSPS) is 14.9. The lowest BCUT2D eigenvalue weighted by Gasteiger charge is -2.22. The summed E-state index contributed by atoms with van der Waals surface area (Å²) in [7, 11) is 4.01. The van der Waals surface area contributed by atoms with Gasteiger partial charge in [0.2, 0.25) is 0 Å². The molecule has 0 aliphatic carbocycles. The summed E-state index contributed by atoms with van der Waals surface area (Å²) in [6.07, 6.45) is 0. The van der Waals surface area contributed by atoms with Crippen LogP contribution in [0.5, 0.6) is 11.5 Å². The number of hydrogen-bond donors (Lipinski definition) is 1. The lowest BCUT2D eigenvalue weighted by atomic mass is 10.1. The Hall–Kier alpha value is -1.29. The minimum atomic E-state index is -0.359. The van der Waals surface area contributed by atoms with Crippen LogP contribution in [-0.2, 0) is 0 Å². The van der Waals surface area contributed by atoms with Crippen LogP contribution in [0.4, 0.5) is 0 Å². The van der Waals surface area contributed by atoms with Crippen molar-refractivity contribution in [3.63, 3.8) is 0 Å². The Bertz CT molecular complexity index is 514. The number of benzene rings is 1. The second-order valence-corrected chi connectivity index (χ2v) is 5.70. The van der Waals surface area contributed by atoms with E-state index in [4.69, 9.17) is 9.47 Å². The Balaban J connectivity index is 2.14. The SMILES string of the molecule is CN(C)CCNC(C#N)c1cc(Br)c2c(c1)OCCO2. The largest absolute Gasteiger partial charge is 0.486 e. The molecule has 1 aliphatic heterocycles. The lowest BCUT2D eigenvalue weighted by Crippen LogP contribution is -2.29. The monoisotopic (exact) mass is 339 g/mol. The molecule has 20 heavy (non-hydrogen) atoms. The molecule has 1 unspecified atom stereocenters. The third-order valence-corrected chi connectivity index (χ3v) is 3.58. The zero-order valence-electron chi connectivity index (χ0n) is 11.6. The zero-order chi connectivity index (χ0) is 14.5. The fraction of sp³-hybridized carbons (Fsp3) is 0.500. The molecule has 1 aliphatic rings. The summed E-state index contributed by atoms with van der Waals surface area (Å²) < 4.78 is 12.0. The van der Waals surface area contributed by atoms with E-state index in [0.29, 0.717) is 24.7 Å². The van der Waals surface area contributed by atoms with Gasteiger partial charge in [-0.05, 0) is 47.7 Å². The number of fused-ring (bicyclic) bond motifs is 1. The summed E-state index contributed by atoms with van der Waals surface area (Å²) in [4.78, 5) is 2.07. The topological polar surface area (TPSA) is 57.5 Å². The Morgan fingerprint density at radius 2 is 2.15 bits per heavy atom.